The van der Waals surface area contributed by atoms with E-state index in [1.54, 1.807) is 12.1 Å². The molecule has 2 aromatic carbocycles. The average Bonchev–Trinajstić information content (AvgIpc) is 2.76. The van der Waals surface area contributed by atoms with Gasteiger partial charge in [0.1, 0.15) is 5.69 Å². The summed E-state index contributed by atoms with van der Waals surface area (Å²) in [5.74, 6) is 0. The monoisotopic (exact) mass is 531 g/mol. The van der Waals surface area contributed by atoms with Crippen molar-refractivity contribution < 1.29 is 26.4 Å². The van der Waals surface area contributed by atoms with Gasteiger partial charge >= 0.3 is 6.18 Å². The van der Waals surface area contributed by atoms with E-state index in [1.165, 1.54) is 41.3 Å². The molecule has 3 rings (SSSR count). The Morgan fingerprint density at radius 3 is 2.12 bits per heavy atom. The van der Waals surface area contributed by atoms with Gasteiger partial charge in [0.2, 0.25) is 16.4 Å². The van der Waals surface area contributed by atoms with Crippen LogP contribution < -0.4 is 9.21 Å². The van der Waals surface area contributed by atoms with Gasteiger partial charge < -0.3 is 4.90 Å². The Morgan fingerprint density at radius 1 is 0.971 bits per heavy atom. The molecule has 0 aliphatic rings. The Balaban J connectivity index is 1.82. The Kier molecular flexibility index (Phi) is 7.74. The number of carbonyl (C=O) groups excluding carboxylic acids is 1. The van der Waals surface area contributed by atoms with Gasteiger partial charge in [-0.05, 0) is 53.6 Å². The van der Waals surface area contributed by atoms with Gasteiger partial charge in [0, 0.05) is 21.9 Å². The molecule has 1 aromatic heterocycles. The minimum absolute atomic E-state index is 0.0237. The Hall–Kier alpha value is -2.82. The number of carbonyl (C=O) groups is 1. The molecule has 1 heterocycles. The van der Waals surface area contributed by atoms with Gasteiger partial charge in [0.05, 0.1) is 25.0 Å². The molecule has 1 amide bonds. The molecule has 180 valence electrons. The number of hydrogen-bond acceptors (Lipinski definition) is 4. The van der Waals surface area contributed by atoms with Gasteiger partial charge in [-0.1, -0.05) is 35.3 Å². The van der Waals surface area contributed by atoms with E-state index in [2.05, 4.69) is 4.98 Å². The largest absolute Gasteiger partial charge is 0.433 e. The number of halogens is 5. The van der Waals surface area contributed by atoms with Crippen molar-refractivity contribution in [3.05, 3.63) is 87.7 Å². The first-order valence-electron chi connectivity index (χ1n) is 9.64. The lowest BCUT2D eigenvalue weighted by atomic mass is 10.2. The summed E-state index contributed by atoms with van der Waals surface area (Å²) in [7, 11) is -3.69. The molecular weight excluding hydrogens is 514 g/mol. The molecule has 0 radical (unpaired) electrons. The van der Waals surface area contributed by atoms with Crippen molar-refractivity contribution in [2.24, 2.45) is 0 Å². The molecule has 34 heavy (non-hydrogen) atoms. The van der Waals surface area contributed by atoms with E-state index >= 15 is 0 Å². The van der Waals surface area contributed by atoms with Crippen LogP contribution in [0.5, 0.6) is 0 Å². The van der Waals surface area contributed by atoms with Crippen molar-refractivity contribution in [3.8, 4) is 0 Å². The maximum atomic E-state index is 12.7. The SMILES string of the molecule is CS(=O)(=O)N(Cc1ccc(Cl)cc1Cl)c1ccc(N(C=O)Cc2ccc(C(F)(F)F)nc2)cc1. The minimum atomic E-state index is -4.56. The van der Waals surface area contributed by atoms with Crippen LogP contribution >= 0.6 is 23.2 Å². The predicted molar refractivity (Wildman–Crippen MR) is 125 cm³/mol. The third kappa shape index (κ3) is 6.40. The van der Waals surface area contributed by atoms with E-state index in [1.807, 2.05) is 0 Å². The molecule has 0 fully saturated rings. The highest BCUT2D eigenvalue weighted by molar-refractivity contribution is 7.92. The smallest absolute Gasteiger partial charge is 0.311 e. The summed E-state index contributed by atoms with van der Waals surface area (Å²) in [5, 5.41) is 0.733. The van der Waals surface area contributed by atoms with E-state index in [4.69, 9.17) is 23.2 Å². The van der Waals surface area contributed by atoms with Crippen LogP contribution in [-0.4, -0.2) is 26.1 Å². The van der Waals surface area contributed by atoms with Gasteiger partial charge in [0.15, 0.2) is 0 Å². The molecule has 0 unspecified atom stereocenters. The Labute approximate surface area is 204 Å². The maximum absolute atomic E-state index is 12.7. The highest BCUT2D eigenvalue weighted by Crippen LogP contribution is 2.29. The normalized spacial score (nSPS) is 11.8. The van der Waals surface area contributed by atoms with E-state index in [-0.39, 0.29) is 13.1 Å². The molecule has 0 N–H and O–H groups in total. The van der Waals surface area contributed by atoms with Gasteiger partial charge in [0.25, 0.3) is 0 Å². The van der Waals surface area contributed by atoms with E-state index in [9.17, 15) is 26.4 Å². The van der Waals surface area contributed by atoms with Crippen LogP contribution in [0.4, 0.5) is 24.5 Å². The zero-order valence-electron chi connectivity index (χ0n) is 17.6. The van der Waals surface area contributed by atoms with Crippen LogP contribution in [0, 0.1) is 0 Å². The van der Waals surface area contributed by atoms with Gasteiger partial charge in [-0.3, -0.25) is 14.1 Å². The number of pyridine rings is 1. The standard InChI is InChI=1S/C22H18Cl2F3N3O3S/c1-34(32,33)30(13-16-3-4-17(23)10-20(16)24)19-7-5-18(6-8-19)29(14-31)12-15-2-9-21(28-11-15)22(25,26)27/h2-11,14H,12-13H2,1H3. The third-order valence-electron chi connectivity index (χ3n) is 4.79. The lowest BCUT2D eigenvalue weighted by Crippen LogP contribution is -2.29. The molecule has 0 spiro atoms. The molecule has 12 heteroatoms. The summed E-state index contributed by atoms with van der Waals surface area (Å²) < 4.78 is 64.1. The van der Waals surface area contributed by atoms with Gasteiger partial charge in [-0.25, -0.2) is 8.42 Å². The molecular formula is C22H18Cl2F3N3O3S. The summed E-state index contributed by atoms with van der Waals surface area (Å²) in [6, 6.07) is 12.9. The second-order valence-corrected chi connectivity index (χ2v) is 10.1. The van der Waals surface area contributed by atoms with E-state index in [0.29, 0.717) is 39.0 Å². The molecule has 0 saturated carbocycles. The molecule has 0 aliphatic heterocycles. The highest BCUT2D eigenvalue weighted by atomic mass is 35.5. The summed E-state index contributed by atoms with van der Waals surface area (Å²) in [4.78, 5) is 16.3. The molecule has 0 aliphatic carbocycles. The van der Waals surface area contributed by atoms with Gasteiger partial charge in [-0.2, -0.15) is 13.2 Å². The first kappa shape index (κ1) is 25.8. The number of benzene rings is 2. The topological polar surface area (TPSA) is 70.6 Å². The van der Waals surface area contributed by atoms with Crippen LogP contribution in [-0.2, 0) is 34.1 Å². The zero-order valence-corrected chi connectivity index (χ0v) is 20.0. The molecule has 6 nitrogen and oxygen atoms in total. The predicted octanol–water partition coefficient (Wildman–Crippen LogP) is 5.54. The number of rotatable bonds is 8. The number of amides is 1. The van der Waals surface area contributed by atoms with E-state index in [0.717, 1.165) is 22.8 Å². The van der Waals surface area contributed by atoms with Crippen LogP contribution in [0.3, 0.4) is 0 Å². The van der Waals surface area contributed by atoms with Gasteiger partial charge in [-0.15, -0.1) is 0 Å². The second-order valence-electron chi connectivity index (χ2n) is 7.30. The van der Waals surface area contributed by atoms with Crippen LogP contribution in [0.15, 0.2) is 60.8 Å². The first-order chi connectivity index (χ1) is 15.9. The van der Waals surface area contributed by atoms with E-state index < -0.39 is 21.9 Å². The number of alkyl halides is 3. The van der Waals surface area contributed by atoms with Crippen LogP contribution in [0.2, 0.25) is 10.0 Å². The lowest BCUT2D eigenvalue weighted by Gasteiger charge is -2.24. The number of nitrogens with zero attached hydrogens (tertiary/aromatic N) is 3. The number of sulfonamides is 1. The summed E-state index contributed by atoms with van der Waals surface area (Å²) in [5.41, 5.74) is 0.653. The van der Waals surface area contributed by atoms with Crippen molar-refractivity contribution in [1.29, 1.82) is 0 Å². The number of aromatic nitrogens is 1. The number of hydrogen-bond donors (Lipinski definition) is 0. The Bertz CT molecular complexity index is 1270. The fraction of sp³-hybridized carbons (Fsp3) is 0.182. The Morgan fingerprint density at radius 2 is 1.62 bits per heavy atom. The van der Waals surface area contributed by atoms with Crippen molar-refractivity contribution >= 4 is 51.0 Å². The highest BCUT2D eigenvalue weighted by Gasteiger charge is 2.32. The first-order valence-corrected chi connectivity index (χ1v) is 12.2. The maximum Gasteiger partial charge on any atom is 0.433 e. The van der Waals surface area contributed by atoms with Crippen molar-refractivity contribution in [2.45, 2.75) is 19.3 Å². The molecule has 0 atom stereocenters. The molecule has 0 saturated heterocycles. The lowest BCUT2D eigenvalue weighted by molar-refractivity contribution is -0.141. The van der Waals surface area contributed by atoms with Crippen molar-refractivity contribution in [1.82, 2.24) is 4.98 Å². The molecule has 0 bridgehead atoms. The average molecular weight is 532 g/mol. The summed E-state index contributed by atoms with van der Waals surface area (Å²) in [6.07, 6.45) is -1.93. The van der Waals surface area contributed by atoms with Crippen molar-refractivity contribution in [3.63, 3.8) is 0 Å². The fourth-order valence-electron chi connectivity index (χ4n) is 3.09. The third-order valence-corrected chi connectivity index (χ3v) is 6.52. The number of anilines is 2. The van der Waals surface area contributed by atoms with Crippen molar-refractivity contribution in [2.75, 3.05) is 15.5 Å². The fourth-order valence-corrected chi connectivity index (χ4v) is 4.43. The zero-order chi connectivity index (χ0) is 25.1. The minimum Gasteiger partial charge on any atom is -0.311 e. The quantitative estimate of drug-likeness (QED) is 0.358. The summed E-state index contributed by atoms with van der Waals surface area (Å²) >= 11 is 12.1. The summed E-state index contributed by atoms with van der Waals surface area (Å²) in [6.45, 7) is -0.0625. The molecule has 3 aromatic rings. The van der Waals surface area contributed by atoms with Crippen LogP contribution in [0.25, 0.3) is 0 Å². The van der Waals surface area contributed by atoms with Crippen LogP contribution in [0.1, 0.15) is 16.8 Å². The second kappa shape index (κ2) is 10.2.